The number of benzene rings is 1. The van der Waals surface area contributed by atoms with Gasteiger partial charge < -0.3 is 9.73 Å². The average Bonchev–Trinajstić information content (AvgIpc) is 2.91. The van der Waals surface area contributed by atoms with Crippen molar-refractivity contribution >= 4 is 11.0 Å². The SMILES string of the molecule is CCNC(Cc1ccccn1)c1cc2cc(C)ccc2o1. The summed E-state index contributed by atoms with van der Waals surface area (Å²) in [5.41, 5.74) is 3.26. The van der Waals surface area contributed by atoms with E-state index in [1.165, 1.54) is 5.56 Å². The van der Waals surface area contributed by atoms with Crippen molar-refractivity contribution in [3.05, 3.63) is 65.7 Å². The molecular weight excluding hydrogens is 260 g/mol. The number of fused-ring (bicyclic) bond motifs is 1. The highest BCUT2D eigenvalue weighted by Gasteiger charge is 2.16. The highest BCUT2D eigenvalue weighted by atomic mass is 16.3. The molecule has 1 unspecified atom stereocenters. The number of hydrogen-bond donors (Lipinski definition) is 1. The lowest BCUT2D eigenvalue weighted by Crippen LogP contribution is -2.22. The molecule has 0 saturated carbocycles. The van der Waals surface area contributed by atoms with Crippen molar-refractivity contribution < 1.29 is 4.42 Å². The monoisotopic (exact) mass is 280 g/mol. The quantitative estimate of drug-likeness (QED) is 0.766. The Kier molecular flexibility index (Phi) is 4.02. The Bertz CT molecular complexity index is 718. The molecule has 2 aromatic heterocycles. The van der Waals surface area contributed by atoms with Gasteiger partial charge in [0.25, 0.3) is 0 Å². The van der Waals surface area contributed by atoms with E-state index in [1.54, 1.807) is 0 Å². The van der Waals surface area contributed by atoms with Gasteiger partial charge in [-0.05, 0) is 43.8 Å². The summed E-state index contributed by atoms with van der Waals surface area (Å²) in [6.45, 7) is 5.10. The lowest BCUT2D eigenvalue weighted by atomic mass is 10.1. The van der Waals surface area contributed by atoms with E-state index in [0.717, 1.165) is 35.4 Å². The number of aryl methyl sites for hydroxylation is 1. The topological polar surface area (TPSA) is 38.1 Å². The van der Waals surface area contributed by atoms with Crippen LogP contribution in [0.15, 0.2) is 53.1 Å². The predicted molar refractivity (Wildman–Crippen MR) is 85.3 cm³/mol. The maximum absolute atomic E-state index is 6.02. The van der Waals surface area contributed by atoms with Crippen LogP contribution in [-0.2, 0) is 6.42 Å². The van der Waals surface area contributed by atoms with Crippen LogP contribution in [-0.4, -0.2) is 11.5 Å². The lowest BCUT2D eigenvalue weighted by Gasteiger charge is -2.14. The van der Waals surface area contributed by atoms with Gasteiger partial charge in [0.05, 0.1) is 6.04 Å². The maximum atomic E-state index is 6.02. The normalized spacial score (nSPS) is 12.7. The van der Waals surface area contributed by atoms with E-state index in [4.69, 9.17) is 4.42 Å². The zero-order valence-electron chi connectivity index (χ0n) is 12.5. The molecule has 108 valence electrons. The molecule has 0 bridgehead atoms. The fourth-order valence-corrected chi connectivity index (χ4v) is 2.60. The summed E-state index contributed by atoms with van der Waals surface area (Å²) >= 11 is 0. The van der Waals surface area contributed by atoms with Gasteiger partial charge in [-0.1, -0.05) is 24.6 Å². The Morgan fingerprint density at radius 3 is 2.86 bits per heavy atom. The summed E-state index contributed by atoms with van der Waals surface area (Å²) in [5.74, 6) is 0.975. The van der Waals surface area contributed by atoms with Crippen LogP contribution in [0, 0.1) is 6.92 Å². The zero-order chi connectivity index (χ0) is 14.7. The fourth-order valence-electron chi connectivity index (χ4n) is 2.60. The second-order valence-electron chi connectivity index (χ2n) is 5.33. The number of nitrogens with one attached hydrogen (secondary N) is 1. The number of hydrogen-bond acceptors (Lipinski definition) is 3. The van der Waals surface area contributed by atoms with Crippen LogP contribution in [0.5, 0.6) is 0 Å². The van der Waals surface area contributed by atoms with Crippen molar-refractivity contribution in [1.82, 2.24) is 10.3 Å². The molecule has 0 aliphatic carbocycles. The van der Waals surface area contributed by atoms with Crippen molar-refractivity contribution in [2.24, 2.45) is 0 Å². The van der Waals surface area contributed by atoms with Crippen LogP contribution in [0.3, 0.4) is 0 Å². The molecule has 3 heteroatoms. The number of nitrogens with zero attached hydrogens (tertiary/aromatic N) is 1. The van der Waals surface area contributed by atoms with E-state index in [1.807, 2.05) is 24.4 Å². The number of likely N-dealkylation sites (N-methyl/N-ethyl adjacent to an activating group) is 1. The van der Waals surface area contributed by atoms with Gasteiger partial charge in [0.1, 0.15) is 11.3 Å². The van der Waals surface area contributed by atoms with Crippen LogP contribution < -0.4 is 5.32 Å². The number of aromatic nitrogens is 1. The summed E-state index contributed by atoms with van der Waals surface area (Å²) < 4.78 is 6.02. The largest absolute Gasteiger partial charge is 0.459 e. The molecule has 3 nitrogen and oxygen atoms in total. The second-order valence-corrected chi connectivity index (χ2v) is 5.33. The Morgan fingerprint density at radius 2 is 2.10 bits per heavy atom. The first-order valence-corrected chi connectivity index (χ1v) is 7.39. The highest BCUT2D eigenvalue weighted by Crippen LogP contribution is 2.26. The van der Waals surface area contributed by atoms with Gasteiger partial charge in [0.2, 0.25) is 0 Å². The summed E-state index contributed by atoms with van der Waals surface area (Å²) in [5, 5.41) is 4.65. The fraction of sp³-hybridized carbons (Fsp3) is 0.278. The molecular formula is C18H20N2O. The maximum Gasteiger partial charge on any atom is 0.134 e. The molecule has 0 amide bonds. The molecule has 0 aliphatic heterocycles. The van der Waals surface area contributed by atoms with Gasteiger partial charge in [0, 0.05) is 23.7 Å². The van der Waals surface area contributed by atoms with Crippen molar-refractivity contribution in [3.63, 3.8) is 0 Å². The van der Waals surface area contributed by atoms with Crippen molar-refractivity contribution in [3.8, 4) is 0 Å². The number of furan rings is 1. The van der Waals surface area contributed by atoms with E-state index >= 15 is 0 Å². The Morgan fingerprint density at radius 1 is 1.19 bits per heavy atom. The number of pyridine rings is 1. The summed E-state index contributed by atoms with van der Waals surface area (Å²) in [6, 6.07) is 14.6. The van der Waals surface area contributed by atoms with Gasteiger partial charge >= 0.3 is 0 Å². The van der Waals surface area contributed by atoms with E-state index in [0.29, 0.717) is 0 Å². The van der Waals surface area contributed by atoms with Gasteiger partial charge in [-0.15, -0.1) is 0 Å². The van der Waals surface area contributed by atoms with E-state index in [-0.39, 0.29) is 6.04 Å². The molecule has 21 heavy (non-hydrogen) atoms. The van der Waals surface area contributed by atoms with Crippen molar-refractivity contribution in [1.29, 1.82) is 0 Å². The summed E-state index contributed by atoms with van der Waals surface area (Å²) in [4.78, 5) is 4.41. The second kappa shape index (κ2) is 6.10. The Balaban J connectivity index is 1.91. The lowest BCUT2D eigenvalue weighted by molar-refractivity contribution is 0.432. The minimum atomic E-state index is 0.151. The molecule has 1 N–H and O–H groups in total. The highest BCUT2D eigenvalue weighted by molar-refractivity contribution is 5.78. The number of rotatable bonds is 5. The minimum absolute atomic E-state index is 0.151. The van der Waals surface area contributed by atoms with E-state index < -0.39 is 0 Å². The first kappa shape index (κ1) is 13.8. The molecule has 3 rings (SSSR count). The predicted octanol–water partition coefficient (Wildman–Crippen LogP) is 4.03. The summed E-state index contributed by atoms with van der Waals surface area (Å²) in [6.07, 6.45) is 2.66. The Hall–Kier alpha value is -2.13. The van der Waals surface area contributed by atoms with Gasteiger partial charge in [0.15, 0.2) is 0 Å². The van der Waals surface area contributed by atoms with Crippen LogP contribution >= 0.6 is 0 Å². The Labute approximate surface area is 125 Å². The molecule has 0 saturated heterocycles. The third kappa shape index (κ3) is 3.14. The van der Waals surface area contributed by atoms with Crippen LogP contribution in [0.1, 0.15) is 30.0 Å². The first-order valence-electron chi connectivity index (χ1n) is 7.39. The van der Waals surface area contributed by atoms with Gasteiger partial charge in [-0.25, -0.2) is 0 Å². The third-order valence-corrected chi connectivity index (χ3v) is 3.62. The van der Waals surface area contributed by atoms with Gasteiger partial charge in [-0.2, -0.15) is 0 Å². The zero-order valence-corrected chi connectivity index (χ0v) is 12.5. The smallest absolute Gasteiger partial charge is 0.134 e. The van der Waals surface area contributed by atoms with Gasteiger partial charge in [-0.3, -0.25) is 4.98 Å². The molecule has 0 radical (unpaired) electrons. The molecule has 1 aromatic carbocycles. The van der Waals surface area contributed by atoms with Crippen molar-refractivity contribution in [2.75, 3.05) is 6.54 Å². The molecule has 0 fully saturated rings. The van der Waals surface area contributed by atoms with E-state index in [2.05, 4.69) is 48.4 Å². The summed E-state index contributed by atoms with van der Waals surface area (Å²) in [7, 11) is 0. The molecule has 0 aliphatic rings. The molecule has 0 spiro atoms. The standard InChI is InChI=1S/C18H20N2O/c1-3-19-16(12-15-6-4-5-9-20-15)18-11-14-10-13(2)7-8-17(14)21-18/h4-11,16,19H,3,12H2,1-2H3. The third-order valence-electron chi connectivity index (χ3n) is 3.62. The first-order chi connectivity index (χ1) is 10.3. The van der Waals surface area contributed by atoms with E-state index in [9.17, 15) is 0 Å². The average molecular weight is 280 g/mol. The molecule has 2 heterocycles. The molecule has 1 atom stereocenters. The van der Waals surface area contributed by atoms with Crippen molar-refractivity contribution in [2.45, 2.75) is 26.3 Å². The minimum Gasteiger partial charge on any atom is -0.459 e. The van der Waals surface area contributed by atoms with Crippen LogP contribution in [0.25, 0.3) is 11.0 Å². The van der Waals surface area contributed by atoms with Crippen LogP contribution in [0.4, 0.5) is 0 Å². The molecule has 3 aromatic rings. The van der Waals surface area contributed by atoms with Crippen LogP contribution in [0.2, 0.25) is 0 Å².